The van der Waals surface area contributed by atoms with Crippen molar-refractivity contribution in [1.82, 2.24) is 5.32 Å². The molecule has 1 aromatic rings. The van der Waals surface area contributed by atoms with Gasteiger partial charge in [-0.25, -0.2) is 0 Å². The smallest absolute Gasteiger partial charge is 0.0951 e. The Morgan fingerprint density at radius 1 is 1.38 bits per heavy atom. The van der Waals surface area contributed by atoms with Crippen molar-refractivity contribution in [3.05, 3.63) is 34.3 Å². The molecular weight excluding hydrogens is 222 g/mol. The van der Waals surface area contributed by atoms with E-state index in [-0.39, 0.29) is 6.10 Å². The standard InChI is InChI=1S/C13H18ClNO/c1-3-16-13-8-15-7-9(2)12-6-10(14)4-5-11(12)13/h4-6,9,13,15H,3,7-8H2,1-2H3/t9?,13-/m0/s1. The zero-order valence-electron chi connectivity index (χ0n) is 9.79. The first-order chi connectivity index (χ1) is 7.72. The van der Waals surface area contributed by atoms with Gasteiger partial charge in [-0.2, -0.15) is 0 Å². The molecule has 0 bridgehead atoms. The van der Waals surface area contributed by atoms with Crippen LogP contribution in [0, 0.1) is 0 Å². The van der Waals surface area contributed by atoms with Crippen LogP contribution in [0.2, 0.25) is 5.02 Å². The van der Waals surface area contributed by atoms with Crippen molar-refractivity contribution >= 4 is 11.6 Å². The van der Waals surface area contributed by atoms with Crippen LogP contribution in [0.1, 0.15) is 37.0 Å². The number of hydrogen-bond donors (Lipinski definition) is 1. The van der Waals surface area contributed by atoms with Gasteiger partial charge in [-0.05, 0) is 36.1 Å². The van der Waals surface area contributed by atoms with Gasteiger partial charge in [0.2, 0.25) is 0 Å². The summed E-state index contributed by atoms with van der Waals surface area (Å²) in [5.74, 6) is 0.485. The van der Waals surface area contributed by atoms with E-state index in [1.165, 1.54) is 11.1 Å². The van der Waals surface area contributed by atoms with Crippen molar-refractivity contribution in [2.75, 3.05) is 19.7 Å². The fraction of sp³-hybridized carbons (Fsp3) is 0.538. The lowest BCUT2D eigenvalue weighted by atomic mass is 9.94. The molecule has 2 rings (SSSR count). The zero-order chi connectivity index (χ0) is 11.5. The van der Waals surface area contributed by atoms with Crippen molar-refractivity contribution in [2.24, 2.45) is 0 Å². The van der Waals surface area contributed by atoms with Crippen LogP contribution in [0.25, 0.3) is 0 Å². The topological polar surface area (TPSA) is 21.3 Å². The first-order valence-electron chi connectivity index (χ1n) is 5.84. The van der Waals surface area contributed by atoms with Crippen molar-refractivity contribution in [3.63, 3.8) is 0 Å². The molecule has 2 atom stereocenters. The normalized spacial score (nSPS) is 24.9. The van der Waals surface area contributed by atoms with Gasteiger partial charge < -0.3 is 10.1 Å². The summed E-state index contributed by atoms with van der Waals surface area (Å²) < 4.78 is 5.77. The van der Waals surface area contributed by atoms with E-state index in [4.69, 9.17) is 16.3 Å². The molecule has 1 aliphatic rings. The van der Waals surface area contributed by atoms with E-state index >= 15 is 0 Å². The first-order valence-corrected chi connectivity index (χ1v) is 6.21. The third-order valence-electron chi connectivity index (χ3n) is 3.07. The molecule has 88 valence electrons. The first kappa shape index (κ1) is 11.9. The van der Waals surface area contributed by atoms with Crippen molar-refractivity contribution in [1.29, 1.82) is 0 Å². The highest BCUT2D eigenvalue weighted by Gasteiger charge is 2.22. The van der Waals surface area contributed by atoms with E-state index in [9.17, 15) is 0 Å². The van der Waals surface area contributed by atoms with Crippen LogP contribution in [0.4, 0.5) is 0 Å². The summed E-state index contributed by atoms with van der Waals surface area (Å²) in [6.07, 6.45) is 0.155. The number of benzene rings is 1. The van der Waals surface area contributed by atoms with Gasteiger partial charge >= 0.3 is 0 Å². The van der Waals surface area contributed by atoms with Crippen LogP contribution in [-0.4, -0.2) is 19.7 Å². The second-order valence-electron chi connectivity index (χ2n) is 4.28. The largest absolute Gasteiger partial charge is 0.372 e. The van der Waals surface area contributed by atoms with Crippen LogP contribution in [0.15, 0.2) is 18.2 Å². The molecule has 0 saturated carbocycles. The quantitative estimate of drug-likeness (QED) is 0.856. The number of ether oxygens (including phenoxy) is 1. The maximum atomic E-state index is 6.06. The van der Waals surface area contributed by atoms with E-state index in [1.54, 1.807) is 0 Å². The number of hydrogen-bond acceptors (Lipinski definition) is 2. The van der Waals surface area contributed by atoms with Gasteiger partial charge in [0.1, 0.15) is 0 Å². The van der Waals surface area contributed by atoms with Gasteiger partial charge in [0.25, 0.3) is 0 Å². The molecule has 1 aromatic carbocycles. The predicted molar refractivity (Wildman–Crippen MR) is 67.1 cm³/mol. The Morgan fingerprint density at radius 3 is 2.94 bits per heavy atom. The molecule has 0 spiro atoms. The molecule has 3 heteroatoms. The highest BCUT2D eigenvalue weighted by molar-refractivity contribution is 6.30. The van der Waals surface area contributed by atoms with Gasteiger partial charge in [0.05, 0.1) is 6.10 Å². The average Bonchev–Trinajstić information content (AvgIpc) is 2.41. The summed E-state index contributed by atoms with van der Waals surface area (Å²) in [5, 5.41) is 4.24. The molecule has 1 unspecified atom stereocenters. The second-order valence-corrected chi connectivity index (χ2v) is 4.71. The molecule has 0 aliphatic carbocycles. The Kier molecular flexibility index (Phi) is 3.85. The molecule has 2 nitrogen and oxygen atoms in total. The van der Waals surface area contributed by atoms with Crippen LogP contribution < -0.4 is 5.32 Å². The van der Waals surface area contributed by atoms with Crippen LogP contribution in [0.5, 0.6) is 0 Å². The number of nitrogens with one attached hydrogen (secondary N) is 1. The molecule has 1 heterocycles. The predicted octanol–water partition coefficient (Wildman–Crippen LogP) is 3.12. The van der Waals surface area contributed by atoms with Crippen LogP contribution >= 0.6 is 11.6 Å². The Hall–Kier alpha value is -0.570. The minimum atomic E-state index is 0.155. The lowest BCUT2D eigenvalue weighted by Crippen LogP contribution is -2.22. The summed E-state index contributed by atoms with van der Waals surface area (Å²) in [6.45, 7) is 6.85. The molecule has 0 amide bonds. The Labute approximate surface area is 102 Å². The molecule has 0 aromatic heterocycles. The average molecular weight is 240 g/mol. The summed E-state index contributed by atoms with van der Waals surface area (Å²) >= 11 is 6.06. The van der Waals surface area contributed by atoms with E-state index in [2.05, 4.69) is 24.4 Å². The van der Waals surface area contributed by atoms with Crippen molar-refractivity contribution in [3.8, 4) is 0 Å². The number of rotatable bonds is 2. The molecular formula is C13H18ClNO. The molecule has 0 saturated heterocycles. The van der Waals surface area contributed by atoms with Crippen molar-refractivity contribution < 1.29 is 4.74 Å². The monoisotopic (exact) mass is 239 g/mol. The minimum absolute atomic E-state index is 0.155. The third kappa shape index (κ3) is 2.40. The van der Waals surface area contributed by atoms with Gasteiger partial charge in [0, 0.05) is 24.7 Å². The van der Waals surface area contributed by atoms with E-state index in [1.807, 2.05) is 13.0 Å². The fourth-order valence-electron chi connectivity index (χ4n) is 2.27. The number of fused-ring (bicyclic) bond motifs is 1. The molecule has 16 heavy (non-hydrogen) atoms. The van der Waals surface area contributed by atoms with Gasteiger partial charge in [-0.1, -0.05) is 24.6 Å². The molecule has 0 fully saturated rings. The third-order valence-corrected chi connectivity index (χ3v) is 3.31. The minimum Gasteiger partial charge on any atom is -0.372 e. The Balaban J connectivity index is 2.39. The lowest BCUT2D eigenvalue weighted by molar-refractivity contribution is 0.0640. The second kappa shape index (κ2) is 5.17. The Bertz CT molecular complexity index is 367. The highest BCUT2D eigenvalue weighted by Crippen LogP contribution is 2.31. The van der Waals surface area contributed by atoms with Crippen molar-refractivity contribution in [2.45, 2.75) is 25.9 Å². The SMILES string of the molecule is CCO[C@H]1CNCC(C)c2cc(Cl)ccc21. The van der Waals surface area contributed by atoms with Gasteiger partial charge in [-0.3, -0.25) is 0 Å². The fourth-order valence-corrected chi connectivity index (χ4v) is 2.45. The highest BCUT2D eigenvalue weighted by atomic mass is 35.5. The van der Waals surface area contributed by atoms with Gasteiger partial charge in [0.15, 0.2) is 0 Å². The van der Waals surface area contributed by atoms with E-state index < -0.39 is 0 Å². The van der Waals surface area contributed by atoms with Gasteiger partial charge in [-0.15, -0.1) is 0 Å². The summed E-state index contributed by atoms with van der Waals surface area (Å²) in [6, 6.07) is 6.12. The van der Waals surface area contributed by atoms with Crippen LogP contribution in [0.3, 0.4) is 0 Å². The zero-order valence-corrected chi connectivity index (χ0v) is 10.6. The van der Waals surface area contributed by atoms with E-state index in [0.29, 0.717) is 5.92 Å². The lowest BCUT2D eigenvalue weighted by Gasteiger charge is -2.18. The summed E-state index contributed by atoms with van der Waals surface area (Å²) in [7, 11) is 0. The molecule has 0 radical (unpaired) electrons. The maximum absolute atomic E-state index is 6.06. The summed E-state index contributed by atoms with van der Waals surface area (Å²) in [4.78, 5) is 0. The Morgan fingerprint density at radius 2 is 2.19 bits per heavy atom. The number of halogens is 1. The van der Waals surface area contributed by atoms with Crippen LogP contribution in [-0.2, 0) is 4.74 Å². The summed E-state index contributed by atoms with van der Waals surface area (Å²) in [5.41, 5.74) is 2.60. The molecule has 1 aliphatic heterocycles. The maximum Gasteiger partial charge on any atom is 0.0951 e. The van der Waals surface area contributed by atoms with E-state index in [0.717, 1.165) is 24.7 Å². The molecule has 1 N–H and O–H groups in total.